The maximum absolute atomic E-state index is 11.8. The number of aldehydes is 1. The molecule has 0 saturated heterocycles. The number of hydrogen-bond acceptors (Lipinski definition) is 6. The lowest BCUT2D eigenvalue weighted by atomic mass is 10.2. The third kappa shape index (κ3) is 4.67. The summed E-state index contributed by atoms with van der Waals surface area (Å²) in [6, 6.07) is 9.86. The fraction of sp³-hybridized carbons (Fsp3) is 0.263. The largest absolute Gasteiger partial charge is 0.489 e. The Morgan fingerprint density at radius 3 is 2.69 bits per heavy atom. The summed E-state index contributed by atoms with van der Waals surface area (Å²) in [5.74, 6) is 1.02. The van der Waals surface area contributed by atoms with Gasteiger partial charge in [-0.3, -0.25) is 4.79 Å². The molecule has 3 rings (SSSR count). The van der Waals surface area contributed by atoms with E-state index in [1.54, 1.807) is 36.4 Å². The maximum atomic E-state index is 11.8. The van der Waals surface area contributed by atoms with Gasteiger partial charge in [-0.1, -0.05) is 11.6 Å². The summed E-state index contributed by atoms with van der Waals surface area (Å²) in [5, 5.41) is 0.418. The van der Waals surface area contributed by atoms with E-state index in [-0.39, 0.29) is 13.2 Å². The molecular weight excluding hydrogens is 360 g/mol. The number of hydrogen-bond donors (Lipinski definition) is 0. The highest BCUT2D eigenvalue weighted by molar-refractivity contribution is 6.32. The van der Waals surface area contributed by atoms with Gasteiger partial charge in [-0.05, 0) is 42.0 Å². The number of carbonyl (C=O) groups excluding carboxylic acids is 2. The number of fused-ring (bicyclic) bond motifs is 1. The van der Waals surface area contributed by atoms with Gasteiger partial charge in [0.15, 0.2) is 18.1 Å². The van der Waals surface area contributed by atoms with Gasteiger partial charge in [0, 0.05) is 12.0 Å². The molecule has 2 aromatic rings. The molecule has 7 heteroatoms. The van der Waals surface area contributed by atoms with Crippen molar-refractivity contribution in [3.8, 4) is 17.2 Å². The molecular formula is C19H17ClO6. The maximum Gasteiger partial charge on any atom is 0.344 e. The summed E-state index contributed by atoms with van der Waals surface area (Å²) in [5.41, 5.74) is 1.23. The van der Waals surface area contributed by atoms with E-state index in [0.29, 0.717) is 46.6 Å². The van der Waals surface area contributed by atoms with Crippen molar-refractivity contribution in [3.63, 3.8) is 0 Å². The van der Waals surface area contributed by atoms with Crippen LogP contribution in [0.1, 0.15) is 22.3 Å². The van der Waals surface area contributed by atoms with Crippen LogP contribution in [0, 0.1) is 0 Å². The fourth-order valence-electron chi connectivity index (χ4n) is 2.36. The Morgan fingerprint density at radius 2 is 1.92 bits per heavy atom. The van der Waals surface area contributed by atoms with Crippen molar-refractivity contribution in [1.82, 2.24) is 0 Å². The minimum atomic E-state index is -0.521. The molecule has 0 amide bonds. The minimum Gasteiger partial charge on any atom is -0.489 e. The second-order valence-corrected chi connectivity index (χ2v) is 6.00. The Kier molecular flexibility index (Phi) is 5.96. The number of esters is 1. The van der Waals surface area contributed by atoms with E-state index < -0.39 is 5.97 Å². The van der Waals surface area contributed by atoms with E-state index >= 15 is 0 Å². The summed E-state index contributed by atoms with van der Waals surface area (Å²) >= 11 is 6.21. The van der Waals surface area contributed by atoms with Gasteiger partial charge in [0.2, 0.25) is 0 Å². The zero-order chi connectivity index (χ0) is 18.4. The van der Waals surface area contributed by atoms with E-state index in [9.17, 15) is 9.59 Å². The van der Waals surface area contributed by atoms with Crippen molar-refractivity contribution in [2.75, 3.05) is 19.8 Å². The number of carbonyl (C=O) groups is 2. The van der Waals surface area contributed by atoms with Gasteiger partial charge in [-0.2, -0.15) is 0 Å². The molecule has 0 aliphatic carbocycles. The van der Waals surface area contributed by atoms with Gasteiger partial charge in [0.05, 0.1) is 18.2 Å². The van der Waals surface area contributed by atoms with Gasteiger partial charge in [0.25, 0.3) is 0 Å². The molecule has 6 nitrogen and oxygen atoms in total. The van der Waals surface area contributed by atoms with Crippen LogP contribution in [0.4, 0.5) is 0 Å². The van der Waals surface area contributed by atoms with Crippen LogP contribution in [0.15, 0.2) is 36.4 Å². The highest BCUT2D eigenvalue weighted by Crippen LogP contribution is 2.38. The number of benzene rings is 2. The van der Waals surface area contributed by atoms with Crippen LogP contribution in [0.2, 0.25) is 5.02 Å². The molecule has 0 fully saturated rings. The lowest BCUT2D eigenvalue weighted by Crippen LogP contribution is -2.14. The standard InChI is InChI=1S/C19H17ClO6/c20-16-8-14(9-17-19(16)24-7-1-6-23-17)11-26-18(22)12-25-15-4-2-13(10-21)3-5-15/h2-5,8-10H,1,6-7,11-12H2. The first-order valence-corrected chi connectivity index (χ1v) is 8.45. The first kappa shape index (κ1) is 18.1. The average Bonchev–Trinajstić information content (AvgIpc) is 2.91. The molecule has 0 spiro atoms. The van der Waals surface area contributed by atoms with Crippen LogP contribution in [0.3, 0.4) is 0 Å². The van der Waals surface area contributed by atoms with Crippen molar-refractivity contribution >= 4 is 23.9 Å². The summed E-state index contributed by atoms with van der Waals surface area (Å²) in [4.78, 5) is 22.4. The van der Waals surface area contributed by atoms with Crippen molar-refractivity contribution in [1.29, 1.82) is 0 Å². The molecule has 0 aromatic heterocycles. The molecule has 2 aromatic carbocycles. The predicted octanol–water partition coefficient (Wildman–Crippen LogP) is 3.44. The predicted molar refractivity (Wildman–Crippen MR) is 94.2 cm³/mol. The lowest BCUT2D eigenvalue weighted by Gasteiger charge is -2.12. The Labute approximate surface area is 155 Å². The quantitative estimate of drug-likeness (QED) is 0.568. The van der Waals surface area contributed by atoms with Crippen molar-refractivity contribution in [2.45, 2.75) is 13.0 Å². The van der Waals surface area contributed by atoms with Gasteiger partial charge in [0.1, 0.15) is 18.6 Å². The van der Waals surface area contributed by atoms with Gasteiger partial charge < -0.3 is 18.9 Å². The highest BCUT2D eigenvalue weighted by Gasteiger charge is 2.16. The second kappa shape index (κ2) is 8.58. The molecule has 0 unspecified atom stereocenters. The molecule has 0 saturated carbocycles. The summed E-state index contributed by atoms with van der Waals surface area (Å²) in [6.07, 6.45) is 1.51. The third-order valence-electron chi connectivity index (χ3n) is 3.63. The summed E-state index contributed by atoms with van der Waals surface area (Å²) in [6.45, 7) is 0.900. The highest BCUT2D eigenvalue weighted by atomic mass is 35.5. The van der Waals surface area contributed by atoms with E-state index in [2.05, 4.69) is 0 Å². The Bertz CT molecular complexity index is 787. The van der Waals surface area contributed by atoms with Gasteiger partial charge in [-0.25, -0.2) is 4.79 Å². The number of halogens is 1. The lowest BCUT2D eigenvalue weighted by molar-refractivity contribution is -0.147. The minimum absolute atomic E-state index is 0.0443. The molecule has 1 aliphatic rings. The van der Waals surface area contributed by atoms with Crippen molar-refractivity contribution < 1.29 is 28.5 Å². The van der Waals surface area contributed by atoms with Crippen molar-refractivity contribution in [3.05, 3.63) is 52.5 Å². The Balaban J connectivity index is 1.53. The summed E-state index contributed by atoms with van der Waals surface area (Å²) < 4.78 is 21.7. The fourth-order valence-corrected chi connectivity index (χ4v) is 2.65. The molecule has 1 heterocycles. The van der Waals surface area contributed by atoms with Crippen LogP contribution >= 0.6 is 11.6 Å². The van der Waals surface area contributed by atoms with Crippen LogP contribution in [-0.4, -0.2) is 32.1 Å². The average molecular weight is 377 g/mol. The van der Waals surface area contributed by atoms with E-state index in [1.165, 1.54) is 0 Å². The SMILES string of the molecule is O=Cc1ccc(OCC(=O)OCc2cc(Cl)c3c(c2)OCCCO3)cc1. The number of rotatable bonds is 6. The zero-order valence-electron chi connectivity index (χ0n) is 13.9. The Morgan fingerprint density at radius 1 is 1.15 bits per heavy atom. The molecule has 26 heavy (non-hydrogen) atoms. The monoisotopic (exact) mass is 376 g/mol. The van der Waals surface area contributed by atoms with Gasteiger partial charge >= 0.3 is 5.97 Å². The van der Waals surface area contributed by atoms with Crippen LogP contribution in [-0.2, 0) is 16.1 Å². The first-order valence-electron chi connectivity index (χ1n) is 8.07. The van der Waals surface area contributed by atoms with Crippen LogP contribution in [0.25, 0.3) is 0 Å². The van der Waals surface area contributed by atoms with E-state index in [1.807, 2.05) is 0 Å². The Hall–Kier alpha value is -2.73. The molecule has 0 bridgehead atoms. The molecule has 136 valence electrons. The zero-order valence-corrected chi connectivity index (χ0v) is 14.7. The topological polar surface area (TPSA) is 71.1 Å². The van der Waals surface area contributed by atoms with E-state index in [4.69, 9.17) is 30.5 Å². The molecule has 0 atom stereocenters. The smallest absolute Gasteiger partial charge is 0.344 e. The van der Waals surface area contributed by atoms with Crippen LogP contribution in [0.5, 0.6) is 17.2 Å². The molecule has 1 aliphatic heterocycles. The number of ether oxygens (including phenoxy) is 4. The normalized spacial score (nSPS) is 12.8. The molecule has 0 N–H and O–H groups in total. The van der Waals surface area contributed by atoms with Crippen LogP contribution < -0.4 is 14.2 Å². The van der Waals surface area contributed by atoms with Crippen molar-refractivity contribution in [2.24, 2.45) is 0 Å². The first-order chi connectivity index (χ1) is 12.7. The third-order valence-corrected chi connectivity index (χ3v) is 3.92. The van der Waals surface area contributed by atoms with Gasteiger partial charge in [-0.15, -0.1) is 0 Å². The molecule has 0 radical (unpaired) electrons. The summed E-state index contributed by atoms with van der Waals surface area (Å²) in [7, 11) is 0. The van der Waals surface area contributed by atoms with E-state index in [0.717, 1.165) is 12.7 Å². The second-order valence-electron chi connectivity index (χ2n) is 5.59.